The van der Waals surface area contributed by atoms with Gasteiger partial charge in [-0.2, -0.15) is 5.10 Å². The normalized spacial score (nSPS) is 14.4. The highest BCUT2D eigenvalue weighted by Crippen LogP contribution is 2.26. The molecule has 0 radical (unpaired) electrons. The third-order valence-electron chi connectivity index (χ3n) is 5.76. The third-order valence-corrected chi connectivity index (χ3v) is 5.76. The van der Waals surface area contributed by atoms with Crippen molar-refractivity contribution in [2.45, 2.75) is 6.54 Å². The van der Waals surface area contributed by atoms with E-state index in [4.69, 9.17) is 9.47 Å². The molecule has 1 aromatic heterocycles. The van der Waals surface area contributed by atoms with Gasteiger partial charge in [-0.1, -0.05) is 42.5 Å². The van der Waals surface area contributed by atoms with Crippen LogP contribution in [-0.4, -0.2) is 53.5 Å². The van der Waals surface area contributed by atoms with Crippen LogP contribution in [0, 0.1) is 0 Å². The molecule has 1 aliphatic heterocycles. The standard InChI is InChI=1S/C26H26N4O2/c1-31-24-11-9-22(10-12-24)26-27-25(28-29-26)21-7-5-20(6-8-21)23-4-2-3-19(17-23)18-30-13-15-32-16-14-30/h2-12,17H,13-16,18H2,1H3,(H,27,28,29). The molecule has 162 valence electrons. The molecule has 1 N–H and O–H groups in total. The number of aromatic amines is 1. The number of morpholine rings is 1. The maximum Gasteiger partial charge on any atom is 0.181 e. The van der Waals surface area contributed by atoms with E-state index in [0.29, 0.717) is 5.82 Å². The first-order chi connectivity index (χ1) is 15.8. The van der Waals surface area contributed by atoms with Crippen molar-refractivity contribution in [3.05, 3.63) is 78.4 Å². The van der Waals surface area contributed by atoms with Gasteiger partial charge in [0.15, 0.2) is 11.6 Å². The van der Waals surface area contributed by atoms with Crippen molar-refractivity contribution < 1.29 is 9.47 Å². The molecule has 0 saturated carbocycles. The average molecular weight is 427 g/mol. The molecule has 0 bridgehead atoms. The van der Waals surface area contributed by atoms with Crippen LogP contribution in [0.25, 0.3) is 33.9 Å². The fourth-order valence-electron chi connectivity index (χ4n) is 3.95. The number of rotatable bonds is 6. The Labute approximate surface area is 187 Å². The van der Waals surface area contributed by atoms with Crippen molar-refractivity contribution in [1.29, 1.82) is 0 Å². The smallest absolute Gasteiger partial charge is 0.181 e. The molecule has 0 amide bonds. The van der Waals surface area contributed by atoms with Gasteiger partial charge in [-0.25, -0.2) is 4.98 Å². The maximum absolute atomic E-state index is 5.46. The Morgan fingerprint density at radius 3 is 2.34 bits per heavy atom. The number of nitrogens with zero attached hydrogens (tertiary/aromatic N) is 3. The summed E-state index contributed by atoms with van der Waals surface area (Å²) in [7, 11) is 1.66. The highest BCUT2D eigenvalue weighted by molar-refractivity contribution is 5.69. The molecule has 1 aliphatic rings. The monoisotopic (exact) mass is 426 g/mol. The summed E-state index contributed by atoms with van der Waals surface area (Å²) in [6.45, 7) is 4.59. The van der Waals surface area contributed by atoms with Gasteiger partial charge in [0.25, 0.3) is 0 Å². The Morgan fingerprint density at radius 2 is 1.59 bits per heavy atom. The van der Waals surface area contributed by atoms with E-state index in [1.165, 1.54) is 16.7 Å². The summed E-state index contributed by atoms with van der Waals surface area (Å²) >= 11 is 0. The van der Waals surface area contributed by atoms with E-state index in [9.17, 15) is 0 Å². The molecule has 2 heterocycles. The maximum atomic E-state index is 5.46. The first-order valence-electron chi connectivity index (χ1n) is 10.9. The van der Waals surface area contributed by atoms with E-state index in [0.717, 1.165) is 55.5 Å². The van der Waals surface area contributed by atoms with Gasteiger partial charge >= 0.3 is 0 Å². The lowest BCUT2D eigenvalue weighted by Gasteiger charge is -2.26. The number of aromatic nitrogens is 3. The van der Waals surface area contributed by atoms with Crippen LogP contribution >= 0.6 is 0 Å². The van der Waals surface area contributed by atoms with Gasteiger partial charge in [-0.05, 0) is 47.0 Å². The van der Waals surface area contributed by atoms with E-state index in [-0.39, 0.29) is 0 Å². The van der Waals surface area contributed by atoms with E-state index in [1.807, 2.05) is 24.3 Å². The van der Waals surface area contributed by atoms with Crippen LogP contribution in [0.3, 0.4) is 0 Å². The molecule has 0 unspecified atom stereocenters. The zero-order chi connectivity index (χ0) is 21.8. The van der Waals surface area contributed by atoms with Crippen LogP contribution in [-0.2, 0) is 11.3 Å². The van der Waals surface area contributed by atoms with Gasteiger partial charge in [0.05, 0.1) is 20.3 Å². The minimum atomic E-state index is 0.669. The largest absolute Gasteiger partial charge is 0.497 e. The lowest BCUT2D eigenvalue weighted by Crippen LogP contribution is -2.35. The summed E-state index contributed by atoms with van der Waals surface area (Å²) in [5.74, 6) is 2.24. The molecule has 4 aromatic rings. The van der Waals surface area contributed by atoms with Crippen molar-refractivity contribution in [2.75, 3.05) is 33.4 Å². The number of ether oxygens (including phenoxy) is 2. The zero-order valence-corrected chi connectivity index (χ0v) is 18.1. The Bertz CT molecular complexity index is 1160. The third kappa shape index (κ3) is 4.56. The Hall–Kier alpha value is -3.48. The lowest BCUT2D eigenvalue weighted by molar-refractivity contribution is 0.0342. The second kappa shape index (κ2) is 9.34. The van der Waals surface area contributed by atoms with Crippen LogP contribution < -0.4 is 4.74 Å². The predicted octanol–water partition coefficient (Wildman–Crippen LogP) is 4.65. The van der Waals surface area contributed by atoms with E-state index >= 15 is 0 Å². The molecular weight excluding hydrogens is 400 g/mol. The number of methoxy groups -OCH3 is 1. The summed E-state index contributed by atoms with van der Waals surface area (Å²) < 4.78 is 10.7. The Morgan fingerprint density at radius 1 is 0.875 bits per heavy atom. The SMILES string of the molecule is COc1ccc(-c2n[nH]c(-c3ccc(-c4cccc(CN5CCOCC5)c4)cc3)n2)cc1. The van der Waals surface area contributed by atoms with Gasteiger partial charge in [0.1, 0.15) is 5.75 Å². The molecule has 6 heteroatoms. The first-order valence-corrected chi connectivity index (χ1v) is 10.9. The first kappa shape index (κ1) is 20.4. The molecule has 3 aromatic carbocycles. The lowest BCUT2D eigenvalue weighted by atomic mass is 10.0. The number of nitrogens with one attached hydrogen (secondary N) is 1. The Kier molecular flexibility index (Phi) is 5.96. The topological polar surface area (TPSA) is 63.3 Å². The molecular formula is C26H26N4O2. The summed E-state index contributed by atoms with van der Waals surface area (Å²) in [6, 6.07) is 25.0. The highest BCUT2D eigenvalue weighted by atomic mass is 16.5. The molecule has 32 heavy (non-hydrogen) atoms. The molecule has 1 fully saturated rings. The predicted molar refractivity (Wildman–Crippen MR) is 125 cm³/mol. The van der Waals surface area contributed by atoms with Gasteiger partial charge in [-0.15, -0.1) is 0 Å². The molecule has 0 atom stereocenters. The van der Waals surface area contributed by atoms with Crippen LogP contribution in [0.5, 0.6) is 5.75 Å². The van der Waals surface area contributed by atoms with Gasteiger partial charge in [-0.3, -0.25) is 10.00 Å². The number of hydrogen-bond donors (Lipinski definition) is 1. The van der Waals surface area contributed by atoms with Crippen molar-refractivity contribution in [1.82, 2.24) is 20.1 Å². The molecule has 6 nitrogen and oxygen atoms in total. The van der Waals surface area contributed by atoms with Crippen molar-refractivity contribution in [3.63, 3.8) is 0 Å². The van der Waals surface area contributed by atoms with E-state index < -0.39 is 0 Å². The number of H-pyrrole nitrogens is 1. The van der Waals surface area contributed by atoms with Gasteiger partial charge < -0.3 is 9.47 Å². The fraction of sp³-hybridized carbons (Fsp3) is 0.231. The van der Waals surface area contributed by atoms with Gasteiger partial charge in [0.2, 0.25) is 0 Å². The summed E-state index contributed by atoms with van der Waals surface area (Å²) in [5, 5.41) is 7.43. The molecule has 1 saturated heterocycles. The highest BCUT2D eigenvalue weighted by Gasteiger charge is 2.12. The molecule has 0 aliphatic carbocycles. The summed E-state index contributed by atoms with van der Waals surface area (Å²) in [4.78, 5) is 7.11. The van der Waals surface area contributed by atoms with Crippen molar-refractivity contribution in [2.24, 2.45) is 0 Å². The zero-order valence-electron chi connectivity index (χ0n) is 18.1. The quantitative estimate of drug-likeness (QED) is 0.486. The fourth-order valence-corrected chi connectivity index (χ4v) is 3.95. The average Bonchev–Trinajstić information content (AvgIpc) is 3.35. The van der Waals surface area contributed by atoms with E-state index in [1.54, 1.807) is 7.11 Å². The second-order valence-electron chi connectivity index (χ2n) is 7.90. The van der Waals surface area contributed by atoms with Crippen LogP contribution in [0.15, 0.2) is 72.8 Å². The van der Waals surface area contributed by atoms with Crippen LogP contribution in [0.2, 0.25) is 0 Å². The molecule has 0 spiro atoms. The van der Waals surface area contributed by atoms with E-state index in [2.05, 4.69) is 68.6 Å². The number of hydrogen-bond acceptors (Lipinski definition) is 5. The summed E-state index contributed by atoms with van der Waals surface area (Å²) in [5.41, 5.74) is 5.69. The van der Waals surface area contributed by atoms with Crippen molar-refractivity contribution in [3.8, 4) is 39.7 Å². The minimum absolute atomic E-state index is 0.669. The van der Waals surface area contributed by atoms with Crippen molar-refractivity contribution >= 4 is 0 Å². The van der Waals surface area contributed by atoms with Crippen LogP contribution in [0.4, 0.5) is 0 Å². The Balaban J connectivity index is 1.31. The molecule has 5 rings (SSSR count). The number of benzene rings is 3. The van der Waals surface area contributed by atoms with Gasteiger partial charge in [0, 0.05) is 30.8 Å². The second-order valence-corrected chi connectivity index (χ2v) is 7.90. The minimum Gasteiger partial charge on any atom is -0.497 e. The summed E-state index contributed by atoms with van der Waals surface area (Å²) in [6.07, 6.45) is 0. The van der Waals surface area contributed by atoms with Crippen LogP contribution in [0.1, 0.15) is 5.56 Å².